The third-order valence-corrected chi connectivity index (χ3v) is 3.44. The summed E-state index contributed by atoms with van der Waals surface area (Å²) < 4.78 is 5.61. The molecule has 0 fully saturated rings. The molecule has 2 heteroatoms. The van der Waals surface area contributed by atoms with Gasteiger partial charge in [-0.15, -0.1) is 0 Å². The number of halogens is 1. The molecule has 0 bridgehead atoms. The normalized spacial score (nSPS) is 12.5. The van der Waals surface area contributed by atoms with E-state index in [2.05, 4.69) is 43.6 Å². The van der Waals surface area contributed by atoms with Gasteiger partial charge in [0.25, 0.3) is 0 Å². The van der Waals surface area contributed by atoms with Gasteiger partial charge in [0.15, 0.2) is 0 Å². The highest BCUT2D eigenvalue weighted by molar-refractivity contribution is 9.09. The molecule has 0 unspecified atom stereocenters. The summed E-state index contributed by atoms with van der Waals surface area (Å²) in [5.74, 6) is 0.799. The maximum absolute atomic E-state index is 5.61. The molecule has 0 aliphatic heterocycles. The Kier molecular flexibility index (Phi) is 7.06. The highest BCUT2D eigenvalue weighted by atomic mass is 79.9. The van der Waals surface area contributed by atoms with Crippen molar-refractivity contribution in [3.8, 4) is 0 Å². The van der Waals surface area contributed by atoms with Crippen LogP contribution in [0, 0.1) is 11.3 Å². The van der Waals surface area contributed by atoms with Gasteiger partial charge in [-0.2, -0.15) is 0 Å². The van der Waals surface area contributed by atoms with Gasteiger partial charge in [0.2, 0.25) is 0 Å². The molecule has 0 spiro atoms. The Hall–Kier alpha value is 0.440. The standard InChI is InChI=1S/C11H23BrO/c1-10(2)6-5-7-13-9-11(3,4)8-12/h10H,5-9H2,1-4H3. The van der Waals surface area contributed by atoms with E-state index in [9.17, 15) is 0 Å². The van der Waals surface area contributed by atoms with Crippen LogP contribution in [0.3, 0.4) is 0 Å². The van der Waals surface area contributed by atoms with Gasteiger partial charge in [0.1, 0.15) is 0 Å². The van der Waals surface area contributed by atoms with Crippen molar-refractivity contribution in [1.82, 2.24) is 0 Å². The van der Waals surface area contributed by atoms with Crippen LogP contribution in [0.25, 0.3) is 0 Å². The summed E-state index contributed by atoms with van der Waals surface area (Å²) in [6, 6.07) is 0. The topological polar surface area (TPSA) is 9.23 Å². The van der Waals surface area contributed by atoms with Crippen molar-refractivity contribution in [2.45, 2.75) is 40.5 Å². The molecule has 13 heavy (non-hydrogen) atoms. The third-order valence-electron chi connectivity index (χ3n) is 1.92. The first-order chi connectivity index (χ1) is 5.98. The minimum atomic E-state index is 0.276. The van der Waals surface area contributed by atoms with Crippen LogP contribution in [-0.4, -0.2) is 18.5 Å². The highest BCUT2D eigenvalue weighted by Gasteiger charge is 2.15. The molecule has 0 atom stereocenters. The zero-order valence-corrected chi connectivity index (χ0v) is 11.0. The fourth-order valence-corrected chi connectivity index (χ4v) is 1.14. The number of hydrogen-bond donors (Lipinski definition) is 0. The van der Waals surface area contributed by atoms with Crippen molar-refractivity contribution in [3.05, 3.63) is 0 Å². The largest absolute Gasteiger partial charge is 0.381 e. The molecule has 0 aromatic heterocycles. The van der Waals surface area contributed by atoms with E-state index >= 15 is 0 Å². The lowest BCUT2D eigenvalue weighted by molar-refractivity contribution is 0.0701. The summed E-state index contributed by atoms with van der Waals surface area (Å²) in [6.45, 7) is 10.7. The lowest BCUT2D eigenvalue weighted by Gasteiger charge is -2.21. The molecule has 0 rings (SSSR count). The van der Waals surface area contributed by atoms with Gasteiger partial charge in [-0.1, -0.05) is 43.6 Å². The van der Waals surface area contributed by atoms with Gasteiger partial charge in [-0.25, -0.2) is 0 Å². The predicted molar refractivity (Wildman–Crippen MR) is 62.5 cm³/mol. The van der Waals surface area contributed by atoms with Crippen LogP contribution in [-0.2, 0) is 4.74 Å². The molecule has 80 valence electrons. The van der Waals surface area contributed by atoms with Crippen LogP contribution in [0.15, 0.2) is 0 Å². The minimum absolute atomic E-state index is 0.276. The van der Waals surface area contributed by atoms with E-state index in [0.29, 0.717) is 0 Å². The summed E-state index contributed by atoms with van der Waals surface area (Å²) >= 11 is 3.48. The average Bonchev–Trinajstić information content (AvgIpc) is 2.03. The van der Waals surface area contributed by atoms with Crippen molar-refractivity contribution in [2.75, 3.05) is 18.5 Å². The first kappa shape index (κ1) is 13.4. The Morgan fingerprint density at radius 2 is 1.92 bits per heavy atom. The Balaban J connectivity index is 3.26. The Labute approximate surface area is 91.4 Å². The van der Waals surface area contributed by atoms with Crippen molar-refractivity contribution >= 4 is 15.9 Å². The van der Waals surface area contributed by atoms with Crippen molar-refractivity contribution in [2.24, 2.45) is 11.3 Å². The number of rotatable bonds is 7. The second-order valence-electron chi connectivity index (χ2n) is 4.89. The van der Waals surface area contributed by atoms with E-state index in [1.807, 2.05) is 0 Å². The fourth-order valence-electron chi connectivity index (χ4n) is 0.981. The smallest absolute Gasteiger partial charge is 0.0525 e. The molecule has 1 nitrogen and oxygen atoms in total. The molecule has 0 heterocycles. The zero-order valence-electron chi connectivity index (χ0n) is 9.40. The highest BCUT2D eigenvalue weighted by Crippen LogP contribution is 2.18. The van der Waals surface area contributed by atoms with E-state index < -0.39 is 0 Å². The average molecular weight is 251 g/mol. The maximum atomic E-state index is 5.61. The minimum Gasteiger partial charge on any atom is -0.381 e. The van der Waals surface area contributed by atoms with Crippen LogP contribution in [0.2, 0.25) is 0 Å². The second kappa shape index (κ2) is 6.83. The molecule has 0 aliphatic carbocycles. The van der Waals surface area contributed by atoms with Gasteiger partial charge >= 0.3 is 0 Å². The zero-order chi connectivity index (χ0) is 10.3. The number of hydrogen-bond acceptors (Lipinski definition) is 1. The quantitative estimate of drug-likeness (QED) is 0.493. The fraction of sp³-hybridized carbons (Fsp3) is 1.00. The molecule has 0 saturated carbocycles. The molecular weight excluding hydrogens is 228 g/mol. The molecule has 0 radical (unpaired) electrons. The van der Waals surface area contributed by atoms with Crippen molar-refractivity contribution in [3.63, 3.8) is 0 Å². The Morgan fingerprint density at radius 3 is 2.38 bits per heavy atom. The van der Waals surface area contributed by atoms with Gasteiger partial charge in [0.05, 0.1) is 6.61 Å². The van der Waals surface area contributed by atoms with Crippen LogP contribution in [0.5, 0.6) is 0 Å². The van der Waals surface area contributed by atoms with E-state index in [1.54, 1.807) is 0 Å². The van der Waals surface area contributed by atoms with Gasteiger partial charge in [-0.3, -0.25) is 0 Å². The lowest BCUT2D eigenvalue weighted by atomic mass is 9.98. The molecule has 0 aliphatic rings. The van der Waals surface area contributed by atoms with Crippen LogP contribution in [0.1, 0.15) is 40.5 Å². The van der Waals surface area contributed by atoms with Crippen LogP contribution < -0.4 is 0 Å². The summed E-state index contributed by atoms with van der Waals surface area (Å²) in [4.78, 5) is 0. The summed E-state index contributed by atoms with van der Waals surface area (Å²) in [5, 5.41) is 1.00. The van der Waals surface area contributed by atoms with Crippen LogP contribution in [0.4, 0.5) is 0 Å². The van der Waals surface area contributed by atoms with Gasteiger partial charge < -0.3 is 4.74 Å². The van der Waals surface area contributed by atoms with Crippen molar-refractivity contribution < 1.29 is 4.74 Å². The third kappa shape index (κ3) is 8.76. The molecule has 0 saturated heterocycles. The lowest BCUT2D eigenvalue weighted by Crippen LogP contribution is -2.21. The first-order valence-electron chi connectivity index (χ1n) is 5.11. The van der Waals surface area contributed by atoms with Gasteiger partial charge in [-0.05, 0) is 24.2 Å². The predicted octanol–water partition coefficient (Wildman–Crippen LogP) is 3.86. The molecular formula is C11H23BrO. The van der Waals surface area contributed by atoms with E-state index in [4.69, 9.17) is 4.74 Å². The summed E-state index contributed by atoms with van der Waals surface area (Å²) in [5.41, 5.74) is 0.276. The van der Waals surface area contributed by atoms with E-state index in [-0.39, 0.29) is 5.41 Å². The molecule has 0 aromatic carbocycles. The first-order valence-corrected chi connectivity index (χ1v) is 6.24. The van der Waals surface area contributed by atoms with Gasteiger partial charge in [0, 0.05) is 11.9 Å². The molecule has 0 N–H and O–H groups in total. The van der Waals surface area contributed by atoms with Crippen LogP contribution >= 0.6 is 15.9 Å². The summed E-state index contributed by atoms with van der Waals surface area (Å²) in [7, 11) is 0. The van der Waals surface area contributed by atoms with E-state index in [0.717, 1.165) is 24.5 Å². The number of alkyl halides is 1. The van der Waals surface area contributed by atoms with E-state index in [1.165, 1.54) is 12.8 Å². The summed E-state index contributed by atoms with van der Waals surface area (Å²) in [6.07, 6.45) is 2.46. The second-order valence-corrected chi connectivity index (χ2v) is 5.45. The maximum Gasteiger partial charge on any atom is 0.0525 e. The number of ether oxygens (including phenoxy) is 1. The molecule has 0 aromatic rings. The Bertz CT molecular complexity index is 121. The molecule has 0 amide bonds. The SMILES string of the molecule is CC(C)CCCOCC(C)(C)CBr. The monoisotopic (exact) mass is 250 g/mol. The Morgan fingerprint density at radius 1 is 1.31 bits per heavy atom. The van der Waals surface area contributed by atoms with Crippen molar-refractivity contribution in [1.29, 1.82) is 0 Å².